The van der Waals surface area contributed by atoms with Crippen LogP contribution in [-0.2, 0) is 11.2 Å². The Morgan fingerprint density at radius 2 is 1.56 bits per heavy atom. The molecule has 2 atom stereocenters. The second kappa shape index (κ2) is 13.3. The first-order chi connectivity index (χ1) is 18.9. The van der Waals surface area contributed by atoms with Gasteiger partial charge in [0.1, 0.15) is 6.04 Å². The average Bonchev–Trinajstić information content (AvgIpc) is 3.46. The number of aromatic nitrogens is 2. The number of oxazole rings is 1. The number of Topliss-reactive ketones (excluding diaryl/α,β-unsaturated/α-hetero) is 1. The van der Waals surface area contributed by atoms with Crippen molar-refractivity contribution < 1.29 is 18.8 Å². The summed E-state index contributed by atoms with van der Waals surface area (Å²) < 4.78 is 5.80. The van der Waals surface area contributed by atoms with E-state index in [1.54, 1.807) is 18.3 Å². The Hall–Kier alpha value is -4.59. The largest absolute Gasteiger partial charge is 0.434 e. The number of rotatable bonds is 12. The molecule has 200 valence electrons. The highest BCUT2D eigenvalue weighted by atomic mass is 16.4. The zero-order chi connectivity index (χ0) is 27.6. The number of ketones is 1. The van der Waals surface area contributed by atoms with Crippen LogP contribution >= 0.6 is 0 Å². The predicted octanol–water partition coefficient (Wildman–Crippen LogP) is 4.88. The lowest BCUT2D eigenvalue weighted by molar-refractivity contribution is -0.123. The van der Waals surface area contributed by atoms with Gasteiger partial charge in [-0.25, -0.2) is 4.98 Å². The molecule has 39 heavy (non-hydrogen) atoms. The summed E-state index contributed by atoms with van der Waals surface area (Å²) in [6, 6.07) is 20.6. The van der Waals surface area contributed by atoms with Crippen LogP contribution in [0.4, 0.5) is 0 Å². The van der Waals surface area contributed by atoms with Crippen LogP contribution in [0.25, 0.3) is 11.3 Å². The minimum Gasteiger partial charge on any atom is -0.434 e. The van der Waals surface area contributed by atoms with Gasteiger partial charge >= 0.3 is 0 Å². The summed E-state index contributed by atoms with van der Waals surface area (Å²) in [7, 11) is 0. The van der Waals surface area contributed by atoms with Gasteiger partial charge in [0, 0.05) is 18.0 Å². The lowest BCUT2D eigenvalue weighted by Crippen LogP contribution is -2.52. The maximum atomic E-state index is 13.6. The fourth-order valence-corrected chi connectivity index (χ4v) is 4.21. The summed E-state index contributed by atoms with van der Waals surface area (Å²) in [5.74, 6) is -0.768. The number of carbonyl (C=O) groups is 3. The number of nitrogens with zero attached hydrogens (tertiary/aromatic N) is 2. The van der Waals surface area contributed by atoms with Gasteiger partial charge in [0.2, 0.25) is 11.7 Å². The molecule has 0 unspecified atom stereocenters. The lowest BCUT2D eigenvalue weighted by Gasteiger charge is -2.23. The number of benzene rings is 2. The van der Waals surface area contributed by atoms with Crippen LogP contribution in [0.3, 0.4) is 0 Å². The third-order valence-electron chi connectivity index (χ3n) is 6.22. The van der Waals surface area contributed by atoms with Crippen LogP contribution in [0.1, 0.15) is 53.3 Å². The van der Waals surface area contributed by atoms with E-state index < -0.39 is 29.7 Å². The van der Waals surface area contributed by atoms with Gasteiger partial charge < -0.3 is 15.1 Å². The molecule has 0 radical (unpaired) electrons. The van der Waals surface area contributed by atoms with Crippen LogP contribution in [0.5, 0.6) is 0 Å². The second-order valence-corrected chi connectivity index (χ2v) is 9.74. The second-order valence-electron chi connectivity index (χ2n) is 9.74. The molecule has 0 saturated carbocycles. The van der Waals surface area contributed by atoms with Crippen molar-refractivity contribution in [3.8, 4) is 11.3 Å². The fourth-order valence-electron chi connectivity index (χ4n) is 4.21. The van der Waals surface area contributed by atoms with E-state index in [2.05, 4.69) is 20.6 Å². The number of pyridine rings is 1. The van der Waals surface area contributed by atoms with Crippen molar-refractivity contribution in [2.75, 3.05) is 0 Å². The van der Waals surface area contributed by atoms with Crippen molar-refractivity contribution in [3.05, 3.63) is 108 Å². The van der Waals surface area contributed by atoms with E-state index in [4.69, 9.17) is 4.42 Å². The first-order valence-electron chi connectivity index (χ1n) is 13.0. The molecule has 0 aliphatic carbocycles. The zero-order valence-corrected chi connectivity index (χ0v) is 22.0. The Balaban J connectivity index is 1.54. The molecule has 2 aromatic carbocycles. The number of amides is 2. The fraction of sp³-hybridized carbons (Fsp3) is 0.258. The monoisotopic (exact) mass is 524 g/mol. The molecule has 0 saturated heterocycles. The van der Waals surface area contributed by atoms with Crippen molar-refractivity contribution in [2.45, 2.75) is 45.2 Å². The third kappa shape index (κ3) is 7.70. The van der Waals surface area contributed by atoms with Gasteiger partial charge in [0.15, 0.2) is 5.76 Å². The summed E-state index contributed by atoms with van der Waals surface area (Å²) in [6.45, 7) is 3.93. The van der Waals surface area contributed by atoms with E-state index in [0.717, 1.165) is 11.1 Å². The summed E-state index contributed by atoms with van der Waals surface area (Å²) in [4.78, 5) is 48.1. The number of carbonyl (C=O) groups excluding carboxylic acids is 3. The van der Waals surface area contributed by atoms with Gasteiger partial charge in [-0.15, -0.1) is 0 Å². The van der Waals surface area contributed by atoms with E-state index in [-0.39, 0.29) is 11.8 Å². The first kappa shape index (κ1) is 27.4. The van der Waals surface area contributed by atoms with Gasteiger partial charge in [-0.2, -0.15) is 0 Å². The van der Waals surface area contributed by atoms with Crippen LogP contribution in [0.2, 0.25) is 0 Å². The number of nitrogens with one attached hydrogen (secondary N) is 2. The molecular formula is C31H32N4O4. The molecule has 4 rings (SSSR count). The van der Waals surface area contributed by atoms with Crippen molar-refractivity contribution in [2.24, 2.45) is 5.92 Å². The maximum absolute atomic E-state index is 13.6. The first-order valence-corrected chi connectivity index (χ1v) is 13.0. The number of hydrogen-bond acceptors (Lipinski definition) is 6. The minimum absolute atomic E-state index is 0.0768. The quantitative estimate of drug-likeness (QED) is 0.255. The predicted molar refractivity (Wildman–Crippen MR) is 148 cm³/mol. The Morgan fingerprint density at radius 1 is 0.846 bits per heavy atom. The Morgan fingerprint density at radius 3 is 2.23 bits per heavy atom. The number of hydrogen-bond donors (Lipinski definition) is 2. The molecule has 8 heteroatoms. The van der Waals surface area contributed by atoms with E-state index in [1.807, 2.05) is 74.5 Å². The lowest BCUT2D eigenvalue weighted by atomic mass is 9.99. The molecule has 0 aliphatic rings. The van der Waals surface area contributed by atoms with Crippen LogP contribution in [-0.4, -0.2) is 39.6 Å². The highest BCUT2D eigenvalue weighted by Gasteiger charge is 2.30. The minimum atomic E-state index is -0.898. The Bertz CT molecular complexity index is 1370. The third-order valence-corrected chi connectivity index (χ3v) is 6.22. The smallest absolute Gasteiger partial charge is 0.265 e. The molecule has 4 aromatic rings. The molecule has 8 nitrogen and oxygen atoms in total. The summed E-state index contributed by atoms with van der Waals surface area (Å²) >= 11 is 0. The zero-order valence-electron chi connectivity index (χ0n) is 22.0. The van der Waals surface area contributed by atoms with Gasteiger partial charge in [0.05, 0.1) is 17.8 Å². The Kier molecular flexibility index (Phi) is 9.34. The summed E-state index contributed by atoms with van der Waals surface area (Å²) in [6.07, 6.45) is 5.81. The molecule has 0 aliphatic heterocycles. The number of aryl methyl sites for hydroxylation is 1. The SMILES string of the molecule is CC(C)C[C@H](NC(=O)c1cccnc1)C(=O)N[C@@H](CCc1ccccc1)C(=O)c1ncc(-c2ccccc2)o1. The van der Waals surface area contributed by atoms with Crippen LogP contribution < -0.4 is 10.6 Å². The molecule has 2 N–H and O–H groups in total. The van der Waals surface area contributed by atoms with Crippen LogP contribution in [0, 0.1) is 5.92 Å². The van der Waals surface area contributed by atoms with Gasteiger partial charge in [-0.3, -0.25) is 19.4 Å². The van der Waals surface area contributed by atoms with Crippen molar-refractivity contribution in [1.29, 1.82) is 0 Å². The van der Waals surface area contributed by atoms with Gasteiger partial charge in [-0.1, -0.05) is 74.5 Å². The van der Waals surface area contributed by atoms with Crippen molar-refractivity contribution in [1.82, 2.24) is 20.6 Å². The molecule has 2 amide bonds. The highest BCUT2D eigenvalue weighted by molar-refractivity contribution is 6.01. The standard InChI is InChI=1S/C31H32N4O4/c1-21(2)18-26(35-29(37)24-14-9-17-32-19-24)30(38)34-25(16-15-22-10-5-3-6-11-22)28(36)31-33-20-27(39-31)23-12-7-4-8-13-23/h3-14,17,19-21,25-26H,15-16,18H2,1-2H3,(H,34,38)(H,35,37)/t25-,26-/m0/s1. The maximum Gasteiger partial charge on any atom is 0.265 e. The molecule has 0 fully saturated rings. The van der Waals surface area contributed by atoms with E-state index in [9.17, 15) is 14.4 Å². The molecule has 0 spiro atoms. The van der Waals surface area contributed by atoms with Gasteiger partial charge in [0.25, 0.3) is 11.8 Å². The molecule has 2 aromatic heterocycles. The van der Waals surface area contributed by atoms with Crippen molar-refractivity contribution >= 4 is 17.6 Å². The topological polar surface area (TPSA) is 114 Å². The molecular weight excluding hydrogens is 492 g/mol. The van der Waals surface area contributed by atoms with Gasteiger partial charge in [-0.05, 0) is 42.9 Å². The normalized spacial score (nSPS) is 12.5. The summed E-state index contributed by atoms with van der Waals surface area (Å²) in [5, 5.41) is 5.68. The van der Waals surface area contributed by atoms with Crippen LogP contribution in [0.15, 0.2) is 95.8 Å². The average molecular weight is 525 g/mol. The highest BCUT2D eigenvalue weighted by Crippen LogP contribution is 2.21. The van der Waals surface area contributed by atoms with E-state index >= 15 is 0 Å². The van der Waals surface area contributed by atoms with Crippen molar-refractivity contribution in [3.63, 3.8) is 0 Å². The van der Waals surface area contributed by atoms with E-state index in [0.29, 0.717) is 30.6 Å². The molecule has 0 bridgehead atoms. The van der Waals surface area contributed by atoms with E-state index in [1.165, 1.54) is 12.4 Å². The molecule has 2 heterocycles. The Labute approximate surface area is 227 Å². The summed E-state index contributed by atoms with van der Waals surface area (Å²) in [5.41, 5.74) is 2.18.